The van der Waals surface area contributed by atoms with Gasteiger partial charge >= 0.3 is 0 Å². The first-order valence-corrected chi connectivity index (χ1v) is 20.6. The number of rotatable bonds is 18. The zero-order valence-corrected chi connectivity index (χ0v) is 32.6. The van der Waals surface area contributed by atoms with Gasteiger partial charge in [-0.05, 0) is 111 Å². The van der Waals surface area contributed by atoms with E-state index in [-0.39, 0.29) is 0 Å². The van der Waals surface area contributed by atoms with Crippen LogP contribution in [0.4, 0.5) is 5.69 Å². The summed E-state index contributed by atoms with van der Waals surface area (Å²) in [6.45, 7) is 13.5. The lowest BCUT2D eigenvalue weighted by Crippen LogP contribution is -2.24. The van der Waals surface area contributed by atoms with Crippen molar-refractivity contribution >= 4 is 52.1 Å². The molecule has 0 aliphatic carbocycles. The third-order valence-corrected chi connectivity index (χ3v) is 10.6. The molecule has 2 aliphatic rings. The van der Waals surface area contributed by atoms with Crippen LogP contribution in [0, 0.1) is 0 Å². The van der Waals surface area contributed by atoms with Crippen LogP contribution >= 0.6 is 0 Å². The Morgan fingerprint density at radius 1 is 0.442 bits per heavy atom. The largest absolute Gasteiger partial charge is 0.372 e. The second-order valence-corrected chi connectivity index (χ2v) is 14.7. The molecule has 8 bridgehead atoms. The summed E-state index contributed by atoms with van der Waals surface area (Å²) >= 11 is 0. The van der Waals surface area contributed by atoms with Crippen LogP contribution in [-0.2, 0) is 19.3 Å². The molecule has 0 amide bonds. The summed E-state index contributed by atoms with van der Waals surface area (Å²) in [6.07, 6.45) is 25.0. The standard InChI is InChI=1S/C47H61N5/c1-6-11-13-15-18-37-41-26-24-39(48-41)36(17-8-3)40-25-27-42(49-40)38(19-16-14-12-7-2)44-29-31-46(51-44)47(45-30-28-43(37)50-45)34-20-22-35(23-21-34)52(32-9-4)33-10-5/h20-31,50-51H,6-19,32-33H2,1-5H3. The number of H-pyrrole nitrogens is 2. The molecule has 0 radical (unpaired) electrons. The average Bonchev–Trinajstić information content (AvgIpc) is 4.00. The number of aryl methyl sites for hydroxylation is 2. The topological polar surface area (TPSA) is 60.6 Å². The lowest BCUT2D eigenvalue weighted by molar-refractivity contribution is 0.667. The van der Waals surface area contributed by atoms with Gasteiger partial charge in [0.1, 0.15) is 0 Å². The summed E-state index contributed by atoms with van der Waals surface area (Å²) in [5.41, 5.74) is 16.4. The van der Waals surface area contributed by atoms with Gasteiger partial charge in [0, 0.05) is 63.1 Å². The highest BCUT2D eigenvalue weighted by molar-refractivity contribution is 5.94. The number of benzene rings is 1. The van der Waals surface area contributed by atoms with Crippen LogP contribution in [-0.4, -0.2) is 33.0 Å². The fourth-order valence-electron chi connectivity index (χ4n) is 7.93. The normalized spacial score (nSPS) is 12.2. The highest BCUT2D eigenvalue weighted by atomic mass is 15.1. The van der Waals surface area contributed by atoms with E-state index >= 15 is 0 Å². The zero-order valence-electron chi connectivity index (χ0n) is 32.6. The molecular formula is C47H61N5. The predicted molar refractivity (Wildman–Crippen MR) is 227 cm³/mol. The van der Waals surface area contributed by atoms with Crippen molar-refractivity contribution in [1.82, 2.24) is 19.9 Å². The number of hydrogen-bond acceptors (Lipinski definition) is 3. The van der Waals surface area contributed by atoms with Gasteiger partial charge in [0.25, 0.3) is 0 Å². The Morgan fingerprint density at radius 3 is 1.35 bits per heavy atom. The molecule has 0 atom stereocenters. The minimum absolute atomic E-state index is 0.954. The van der Waals surface area contributed by atoms with Crippen molar-refractivity contribution in [2.75, 3.05) is 18.0 Å². The summed E-state index contributed by atoms with van der Waals surface area (Å²) in [5, 5.41) is 0. The van der Waals surface area contributed by atoms with Crippen molar-refractivity contribution in [3.63, 3.8) is 0 Å². The molecule has 2 N–H and O–H groups in total. The number of fused-ring (bicyclic) bond motifs is 8. The van der Waals surface area contributed by atoms with Gasteiger partial charge in [-0.15, -0.1) is 0 Å². The number of nitrogens with zero attached hydrogens (tertiary/aromatic N) is 3. The number of unbranched alkanes of at least 4 members (excludes halogenated alkanes) is 6. The first-order valence-electron chi connectivity index (χ1n) is 20.6. The minimum Gasteiger partial charge on any atom is -0.372 e. The third-order valence-electron chi connectivity index (χ3n) is 10.6. The van der Waals surface area contributed by atoms with Gasteiger partial charge in [-0.1, -0.05) is 91.7 Å². The molecule has 274 valence electrons. The second-order valence-electron chi connectivity index (χ2n) is 14.7. The van der Waals surface area contributed by atoms with Crippen molar-refractivity contribution in [2.24, 2.45) is 0 Å². The van der Waals surface area contributed by atoms with Gasteiger partial charge in [0.2, 0.25) is 0 Å². The first-order chi connectivity index (χ1) is 25.6. The third kappa shape index (κ3) is 8.62. The number of anilines is 1. The van der Waals surface area contributed by atoms with Gasteiger partial charge in [-0.2, -0.15) is 0 Å². The first kappa shape index (κ1) is 37.4. The fourth-order valence-corrected chi connectivity index (χ4v) is 7.93. The zero-order chi connectivity index (χ0) is 36.3. The Labute approximate surface area is 312 Å². The summed E-state index contributed by atoms with van der Waals surface area (Å²) < 4.78 is 0. The van der Waals surface area contributed by atoms with Crippen LogP contribution in [0.2, 0.25) is 0 Å². The lowest BCUT2D eigenvalue weighted by Gasteiger charge is -2.24. The van der Waals surface area contributed by atoms with Crippen LogP contribution in [0.25, 0.3) is 57.5 Å². The Bertz CT molecular complexity index is 1890. The van der Waals surface area contributed by atoms with Crippen LogP contribution in [0.15, 0.2) is 48.5 Å². The predicted octanol–water partition coefficient (Wildman–Crippen LogP) is 13.1. The molecule has 52 heavy (non-hydrogen) atoms. The van der Waals surface area contributed by atoms with E-state index in [2.05, 4.69) is 122 Å². The van der Waals surface area contributed by atoms with Crippen molar-refractivity contribution in [1.29, 1.82) is 0 Å². The molecule has 0 saturated heterocycles. The van der Waals surface area contributed by atoms with Gasteiger partial charge in [0.05, 0.1) is 22.8 Å². The Morgan fingerprint density at radius 2 is 0.904 bits per heavy atom. The molecule has 0 unspecified atom stereocenters. The van der Waals surface area contributed by atoms with E-state index in [1.165, 1.54) is 72.0 Å². The molecule has 0 fully saturated rings. The Hall–Kier alpha value is -4.38. The quantitative estimate of drug-likeness (QED) is 0.0880. The molecule has 6 rings (SSSR count). The second kappa shape index (κ2) is 18.4. The number of aromatic nitrogens is 4. The fraction of sp³-hybridized carbons (Fsp3) is 0.447. The van der Waals surface area contributed by atoms with E-state index in [1.54, 1.807) is 0 Å². The highest BCUT2D eigenvalue weighted by Gasteiger charge is 2.17. The molecule has 2 aliphatic heterocycles. The maximum atomic E-state index is 5.36. The molecule has 4 aromatic rings. The number of aromatic amines is 2. The monoisotopic (exact) mass is 695 g/mol. The molecule has 3 aromatic heterocycles. The lowest BCUT2D eigenvalue weighted by atomic mass is 10.0. The summed E-state index contributed by atoms with van der Waals surface area (Å²) in [5.74, 6) is 0. The smallest absolute Gasteiger partial charge is 0.0691 e. The van der Waals surface area contributed by atoms with Gasteiger partial charge < -0.3 is 14.9 Å². The summed E-state index contributed by atoms with van der Waals surface area (Å²) in [4.78, 5) is 21.1. The average molecular weight is 696 g/mol. The Kier molecular flexibility index (Phi) is 13.2. The van der Waals surface area contributed by atoms with Crippen LogP contribution < -0.4 is 4.90 Å². The molecule has 5 nitrogen and oxygen atoms in total. The van der Waals surface area contributed by atoms with Crippen molar-refractivity contribution in [2.45, 2.75) is 125 Å². The van der Waals surface area contributed by atoms with Crippen molar-refractivity contribution in [3.05, 3.63) is 88.0 Å². The van der Waals surface area contributed by atoms with E-state index in [0.717, 1.165) is 109 Å². The van der Waals surface area contributed by atoms with Crippen LogP contribution in [0.1, 0.15) is 145 Å². The molecule has 0 saturated carbocycles. The van der Waals surface area contributed by atoms with Crippen molar-refractivity contribution < 1.29 is 0 Å². The molecular weight excluding hydrogens is 635 g/mol. The molecule has 5 heterocycles. The molecule has 5 heteroatoms. The highest BCUT2D eigenvalue weighted by Crippen LogP contribution is 2.33. The van der Waals surface area contributed by atoms with E-state index < -0.39 is 0 Å². The molecule has 1 aromatic carbocycles. The van der Waals surface area contributed by atoms with Crippen LogP contribution in [0.3, 0.4) is 0 Å². The van der Waals surface area contributed by atoms with E-state index in [9.17, 15) is 0 Å². The summed E-state index contributed by atoms with van der Waals surface area (Å²) in [7, 11) is 0. The summed E-state index contributed by atoms with van der Waals surface area (Å²) in [6, 6.07) is 18.4. The Balaban J connectivity index is 1.63. The van der Waals surface area contributed by atoms with Crippen molar-refractivity contribution in [3.8, 4) is 11.1 Å². The van der Waals surface area contributed by atoms with Gasteiger partial charge in [-0.3, -0.25) is 0 Å². The van der Waals surface area contributed by atoms with Gasteiger partial charge in [0.15, 0.2) is 0 Å². The maximum absolute atomic E-state index is 5.36. The van der Waals surface area contributed by atoms with Gasteiger partial charge in [-0.25, -0.2) is 9.97 Å². The van der Waals surface area contributed by atoms with E-state index in [0.29, 0.717) is 0 Å². The van der Waals surface area contributed by atoms with Crippen LogP contribution in [0.5, 0.6) is 0 Å². The minimum atomic E-state index is 0.954. The SMILES string of the molecule is CCCCCCc1c2nc(c(CCC)c3nc(c(CCCCCC)c4ccc([nH]4)c(-c4ccc(N(CCC)CCC)cc4)c4ccc1[nH]4)C=C3)C=C2. The molecule has 0 spiro atoms. The maximum Gasteiger partial charge on any atom is 0.0691 e. The number of nitrogens with one attached hydrogen (secondary N) is 2. The van der Waals surface area contributed by atoms with E-state index in [4.69, 9.17) is 9.97 Å². The number of hydrogen-bond donors (Lipinski definition) is 2. The van der Waals surface area contributed by atoms with E-state index in [1.807, 2.05) is 0 Å².